The van der Waals surface area contributed by atoms with Crippen LogP contribution in [0.3, 0.4) is 0 Å². The minimum Gasteiger partial charge on any atom is -0.346 e. The summed E-state index contributed by atoms with van der Waals surface area (Å²) < 4.78 is 0.839. The van der Waals surface area contributed by atoms with E-state index < -0.39 is 0 Å². The highest BCUT2D eigenvalue weighted by atomic mass is 79.9. The lowest BCUT2D eigenvalue weighted by molar-refractivity contribution is 0.755. The predicted octanol–water partition coefficient (Wildman–Crippen LogP) is 2.49. The van der Waals surface area contributed by atoms with Crippen molar-refractivity contribution in [1.29, 1.82) is 0 Å². The van der Waals surface area contributed by atoms with Crippen molar-refractivity contribution >= 4 is 44.2 Å². The van der Waals surface area contributed by atoms with Crippen LogP contribution in [-0.4, -0.2) is 35.3 Å². The van der Waals surface area contributed by atoms with Gasteiger partial charge in [0.15, 0.2) is 3.92 Å². The van der Waals surface area contributed by atoms with Crippen LogP contribution in [0.1, 0.15) is 6.92 Å². The molecule has 0 aliphatic rings. The summed E-state index contributed by atoms with van der Waals surface area (Å²) in [7, 11) is 2.05. The molecule has 0 bridgehead atoms. The first kappa shape index (κ1) is 11.3. The van der Waals surface area contributed by atoms with Gasteiger partial charge in [0.25, 0.3) is 0 Å². The molecule has 0 amide bonds. The number of halogens is 1. The van der Waals surface area contributed by atoms with E-state index in [1.54, 1.807) is 11.3 Å². The Hall–Kier alpha value is 0.190. The summed E-state index contributed by atoms with van der Waals surface area (Å²) in [6, 6.07) is 0.495. The molecule has 0 aliphatic heterocycles. The molecule has 1 aromatic rings. The molecule has 6 heteroatoms. The van der Waals surface area contributed by atoms with Gasteiger partial charge in [-0.1, -0.05) is 11.3 Å². The molecule has 1 heterocycles. The molecule has 1 rings (SSSR count). The Kier molecular flexibility index (Phi) is 4.48. The van der Waals surface area contributed by atoms with Crippen LogP contribution in [0.25, 0.3) is 0 Å². The molecular weight excluding hydrogens is 270 g/mol. The van der Waals surface area contributed by atoms with E-state index in [4.69, 9.17) is 0 Å². The quantitative estimate of drug-likeness (QED) is 0.848. The molecule has 1 atom stereocenters. The second kappa shape index (κ2) is 5.17. The van der Waals surface area contributed by atoms with Crippen LogP contribution in [0.4, 0.5) is 5.13 Å². The minimum atomic E-state index is 0.495. The van der Waals surface area contributed by atoms with E-state index in [-0.39, 0.29) is 0 Å². The molecule has 0 spiro atoms. The van der Waals surface area contributed by atoms with Gasteiger partial charge in [-0.15, -0.1) is 10.2 Å². The number of nitrogens with zero attached hydrogens (tertiary/aromatic N) is 3. The molecule has 0 aromatic carbocycles. The van der Waals surface area contributed by atoms with Crippen LogP contribution in [-0.2, 0) is 0 Å². The van der Waals surface area contributed by atoms with Crippen LogP contribution in [0, 0.1) is 0 Å². The third-order valence-electron chi connectivity index (χ3n) is 1.76. The standard InChI is InChI=1S/C7H12BrN3S2/c1-5(4-12-3)11(2)7-10-9-6(8)13-7/h5H,4H2,1-3H3. The van der Waals surface area contributed by atoms with Crippen LogP contribution in [0.2, 0.25) is 0 Å². The minimum absolute atomic E-state index is 0.495. The molecule has 3 nitrogen and oxygen atoms in total. The fraction of sp³-hybridized carbons (Fsp3) is 0.714. The van der Waals surface area contributed by atoms with Crippen molar-refractivity contribution in [2.45, 2.75) is 13.0 Å². The zero-order valence-electron chi connectivity index (χ0n) is 7.82. The van der Waals surface area contributed by atoms with E-state index in [0.29, 0.717) is 6.04 Å². The van der Waals surface area contributed by atoms with Crippen molar-refractivity contribution in [3.8, 4) is 0 Å². The lowest BCUT2D eigenvalue weighted by atomic mass is 10.4. The van der Waals surface area contributed by atoms with Gasteiger partial charge in [-0.3, -0.25) is 0 Å². The molecule has 0 fully saturated rings. The van der Waals surface area contributed by atoms with Gasteiger partial charge in [0, 0.05) is 18.8 Å². The number of hydrogen-bond acceptors (Lipinski definition) is 5. The monoisotopic (exact) mass is 281 g/mol. The Bertz CT molecular complexity index is 266. The molecule has 1 unspecified atom stereocenters. The zero-order valence-corrected chi connectivity index (χ0v) is 11.0. The highest BCUT2D eigenvalue weighted by molar-refractivity contribution is 9.11. The number of thioether (sulfide) groups is 1. The molecule has 0 saturated heterocycles. The molecule has 13 heavy (non-hydrogen) atoms. The van der Waals surface area contributed by atoms with Gasteiger partial charge >= 0.3 is 0 Å². The van der Waals surface area contributed by atoms with Gasteiger partial charge in [0.05, 0.1) is 0 Å². The lowest BCUT2D eigenvalue weighted by Gasteiger charge is -2.22. The van der Waals surface area contributed by atoms with Gasteiger partial charge < -0.3 is 4.90 Å². The number of anilines is 1. The Morgan fingerprint density at radius 3 is 2.77 bits per heavy atom. The first-order valence-corrected chi connectivity index (χ1v) is 6.86. The third kappa shape index (κ3) is 3.11. The zero-order chi connectivity index (χ0) is 9.84. The first-order valence-electron chi connectivity index (χ1n) is 3.86. The summed E-state index contributed by atoms with van der Waals surface area (Å²) in [6.45, 7) is 2.19. The van der Waals surface area contributed by atoms with Gasteiger partial charge in [-0.05, 0) is 29.1 Å². The second-order valence-electron chi connectivity index (χ2n) is 2.75. The Morgan fingerprint density at radius 1 is 1.62 bits per heavy atom. The van der Waals surface area contributed by atoms with Gasteiger partial charge in [0.2, 0.25) is 5.13 Å². The fourth-order valence-corrected chi connectivity index (χ4v) is 2.74. The predicted molar refractivity (Wildman–Crippen MR) is 63.9 cm³/mol. The fourth-order valence-electron chi connectivity index (χ4n) is 0.882. The van der Waals surface area contributed by atoms with E-state index in [9.17, 15) is 0 Å². The third-order valence-corrected chi connectivity index (χ3v) is 4.02. The van der Waals surface area contributed by atoms with E-state index in [1.807, 2.05) is 18.8 Å². The molecular formula is C7H12BrN3S2. The van der Waals surface area contributed by atoms with E-state index >= 15 is 0 Å². The smallest absolute Gasteiger partial charge is 0.209 e. The lowest BCUT2D eigenvalue weighted by Crippen LogP contribution is -2.30. The summed E-state index contributed by atoms with van der Waals surface area (Å²) in [6.07, 6.45) is 2.11. The molecule has 0 saturated carbocycles. The Balaban J connectivity index is 2.61. The molecule has 74 valence electrons. The summed E-state index contributed by atoms with van der Waals surface area (Å²) in [5.74, 6) is 1.10. The maximum absolute atomic E-state index is 4.06. The van der Waals surface area contributed by atoms with Crippen molar-refractivity contribution in [3.63, 3.8) is 0 Å². The molecule has 1 aromatic heterocycles. The molecule has 0 radical (unpaired) electrons. The highest BCUT2D eigenvalue weighted by Gasteiger charge is 2.13. The maximum Gasteiger partial charge on any atom is 0.209 e. The molecule has 0 aliphatic carbocycles. The van der Waals surface area contributed by atoms with E-state index in [0.717, 1.165) is 14.8 Å². The van der Waals surface area contributed by atoms with Crippen molar-refractivity contribution in [2.24, 2.45) is 0 Å². The number of rotatable bonds is 4. The largest absolute Gasteiger partial charge is 0.346 e. The number of aromatic nitrogens is 2. The Labute approximate surface area is 95.1 Å². The average Bonchev–Trinajstić information content (AvgIpc) is 2.51. The average molecular weight is 282 g/mol. The topological polar surface area (TPSA) is 29.0 Å². The SMILES string of the molecule is CSCC(C)N(C)c1nnc(Br)s1. The first-order chi connectivity index (χ1) is 6.15. The van der Waals surface area contributed by atoms with Gasteiger partial charge in [-0.2, -0.15) is 11.8 Å². The van der Waals surface area contributed by atoms with E-state index in [2.05, 4.69) is 44.2 Å². The summed E-state index contributed by atoms with van der Waals surface area (Å²) in [4.78, 5) is 2.15. The van der Waals surface area contributed by atoms with Crippen LogP contribution < -0.4 is 4.90 Å². The Morgan fingerprint density at radius 2 is 2.31 bits per heavy atom. The van der Waals surface area contributed by atoms with Crippen LogP contribution in [0.15, 0.2) is 3.92 Å². The van der Waals surface area contributed by atoms with Crippen molar-refractivity contribution in [3.05, 3.63) is 3.92 Å². The maximum atomic E-state index is 4.06. The van der Waals surface area contributed by atoms with Crippen molar-refractivity contribution < 1.29 is 0 Å². The van der Waals surface area contributed by atoms with Gasteiger partial charge in [-0.25, -0.2) is 0 Å². The van der Waals surface area contributed by atoms with Crippen LogP contribution >= 0.6 is 39.0 Å². The summed E-state index contributed by atoms with van der Waals surface area (Å²) in [5.41, 5.74) is 0. The normalized spacial score (nSPS) is 12.9. The van der Waals surface area contributed by atoms with E-state index in [1.165, 1.54) is 0 Å². The highest BCUT2D eigenvalue weighted by Crippen LogP contribution is 2.24. The second-order valence-corrected chi connectivity index (χ2v) is 5.90. The van der Waals surface area contributed by atoms with Crippen LogP contribution in [0.5, 0.6) is 0 Å². The summed E-state index contributed by atoms with van der Waals surface area (Å²) in [5, 5.41) is 8.94. The molecule has 0 N–H and O–H groups in total. The van der Waals surface area contributed by atoms with Gasteiger partial charge in [0.1, 0.15) is 0 Å². The summed E-state index contributed by atoms with van der Waals surface area (Å²) >= 11 is 6.71. The van der Waals surface area contributed by atoms with Crippen molar-refractivity contribution in [1.82, 2.24) is 10.2 Å². The van der Waals surface area contributed by atoms with Crippen molar-refractivity contribution in [2.75, 3.05) is 24.0 Å². The number of hydrogen-bond donors (Lipinski definition) is 0.